The topological polar surface area (TPSA) is 66.8 Å². The summed E-state index contributed by atoms with van der Waals surface area (Å²) in [6.07, 6.45) is 0.626. The van der Waals surface area contributed by atoms with Gasteiger partial charge < -0.3 is 14.9 Å². The van der Waals surface area contributed by atoms with Crippen LogP contribution in [-0.4, -0.2) is 35.0 Å². The van der Waals surface area contributed by atoms with Gasteiger partial charge in [0.15, 0.2) is 5.60 Å². The van der Waals surface area contributed by atoms with Gasteiger partial charge in [-0.1, -0.05) is 13.8 Å². The highest BCUT2D eigenvalue weighted by Gasteiger charge is 2.48. The van der Waals surface area contributed by atoms with Crippen molar-refractivity contribution in [3.63, 3.8) is 0 Å². The van der Waals surface area contributed by atoms with Gasteiger partial charge in [-0.3, -0.25) is 0 Å². The Morgan fingerprint density at radius 3 is 2.54 bits per heavy atom. The Labute approximate surface area is 77.5 Å². The lowest BCUT2D eigenvalue weighted by Gasteiger charge is -2.32. The van der Waals surface area contributed by atoms with Gasteiger partial charge in [0.05, 0.1) is 6.61 Å². The van der Waals surface area contributed by atoms with Crippen molar-refractivity contribution in [3.05, 3.63) is 0 Å². The number of aliphatic hydroxyl groups is 1. The third kappa shape index (κ3) is 1.69. The van der Waals surface area contributed by atoms with Gasteiger partial charge in [-0.25, -0.2) is 4.79 Å². The van der Waals surface area contributed by atoms with Crippen molar-refractivity contribution in [2.75, 3.05) is 13.2 Å². The molecule has 1 aliphatic rings. The molecule has 2 N–H and O–H groups in total. The summed E-state index contributed by atoms with van der Waals surface area (Å²) in [6.45, 7) is 4.33. The van der Waals surface area contributed by atoms with Gasteiger partial charge in [0.25, 0.3) is 0 Å². The SMILES string of the molecule is CC(C)C(O)(C(=O)O)C1CCOC1. The highest BCUT2D eigenvalue weighted by atomic mass is 16.5. The van der Waals surface area contributed by atoms with Gasteiger partial charge in [0.2, 0.25) is 0 Å². The maximum Gasteiger partial charge on any atom is 0.336 e. The Hall–Kier alpha value is -0.610. The number of hydrogen-bond donors (Lipinski definition) is 2. The quantitative estimate of drug-likeness (QED) is 0.676. The molecule has 0 aromatic heterocycles. The fourth-order valence-electron chi connectivity index (χ4n) is 1.77. The van der Waals surface area contributed by atoms with Crippen LogP contribution in [0.1, 0.15) is 20.3 Å². The summed E-state index contributed by atoms with van der Waals surface area (Å²) in [7, 11) is 0. The van der Waals surface area contributed by atoms with E-state index >= 15 is 0 Å². The molecule has 1 fully saturated rings. The first kappa shape index (κ1) is 10.5. The average molecular weight is 188 g/mol. The maximum atomic E-state index is 10.9. The molecule has 1 rings (SSSR count). The van der Waals surface area contributed by atoms with Crippen molar-refractivity contribution in [1.82, 2.24) is 0 Å². The lowest BCUT2D eigenvalue weighted by atomic mass is 9.78. The summed E-state index contributed by atoms with van der Waals surface area (Å²) in [5.74, 6) is -1.71. The molecule has 4 nitrogen and oxygen atoms in total. The van der Waals surface area contributed by atoms with Gasteiger partial charge in [-0.15, -0.1) is 0 Å². The van der Waals surface area contributed by atoms with E-state index in [2.05, 4.69) is 0 Å². The normalized spacial score (nSPS) is 27.5. The summed E-state index contributed by atoms with van der Waals surface area (Å²) in [5.41, 5.74) is -1.63. The molecule has 0 aromatic carbocycles. The zero-order valence-corrected chi connectivity index (χ0v) is 7.99. The molecule has 2 unspecified atom stereocenters. The van der Waals surface area contributed by atoms with Gasteiger partial charge in [0.1, 0.15) is 0 Å². The Bertz CT molecular complexity index is 196. The largest absolute Gasteiger partial charge is 0.479 e. The predicted octanol–water partition coefficient (Wildman–Crippen LogP) is 0.495. The van der Waals surface area contributed by atoms with Crippen LogP contribution in [0.3, 0.4) is 0 Å². The molecular formula is C9H16O4. The Balaban J connectivity index is 2.82. The first-order valence-electron chi connectivity index (χ1n) is 4.53. The molecule has 0 aromatic rings. The molecule has 1 aliphatic heterocycles. The molecule has 1 saturated heterocycles. The van der Waals surface area contributed by atoms with Gasteiger partial charge >= 0.3 is 5.97 Å². The van der Waals surface area contributed by atoms with Crippen molar-refractivity contribution in [3.8, 4) is 0 Å². The molecule has 0 radical (unpaired) electrons. The fourth-order valence-corrected chi connectivity index (χ4v) is 1.77. The third-order valence-corrected chi connectivity index (χ3v) is 2.77. The van der Waals surface area contributed by atoms with Crippen LogP contribution < -0.4 is 0 Å². The van der Waals surface area contributed by atoms with Crippen LogP contribution in [0, 0.1) is 11.8 Å². The van der Waals surface area contributed by atoms with E-state index in [0.717, 1.165) is 0 Å². The second kappa shape index (κ2) is 3.64. The highest BCUT2D eigenvalue weighted by Crippen LogP contribution is 2.32. The second-order valence-electron chi connectivity index (χ2n) is 3.85. The molecule has 0 spiro atoms. The van der Waals surface area contributed by atoms with Crippen LogP contribution in [0.4, 0.5) is 0 Å². The number of carbonyl (C=O) groups is 1. The highest BCUT2D eigenvalue weighted by molar-refractivity contribution is 5.78. The zero-order valence-electron chi connectivity index (χ0n) is 7.99. The standard InChI is InChI=1S/C9H16O4/c1-6(2)9(12,8(10)11)7-3-4-13-5-7/h6-7,12H,3-5H2,1-2H3,(H,10,11). The number of carboxylic acids is 1. The van der Waals surface area contributed by atoms with Crippen LogP contribution in [0.15, 0.2) is 0 Å². The molecule has 0 saturated carbocycles. The van der Waals surface area contributed by atoms with E-state index < -0.39 is 11.6 Å². The van der Waals surface area contributed by atoms with Gasteiger partial charge in [-0.2, -0.15) is 0 Å². The molecule has 2 atom stereocenters. The lowest BCUT2D eigenvalue weighted by molar-refractivity contribution is -0.171. The van der Waals surface area contributed by atoms with Gasteiger partial charge in [0, 0.05) is 12.5 Å². The van der Waals surface area contributed by atoms with Crippen molar-refractivity contribution in [2.24, 2.45) is 11.8 Å². The van der Waals surface area contributed by atoms with Crippen LogP contribution in [-0.2, 0) is 9.53 Å². The number of hydrogen-bond acceptors (Lipinski definition) is 3. The lowest BCUT2D eigenvalue weighted by Crippen LogP contribution is -2.50. The Morgan fingerprint density at radius 2 is 2.23 bits per heavy atom. The Kier molecular flexibility index (Phi) is 2.93. The predicted molar refractivity (Wildman–Crippen MR) is 46.3 cm³/mol. The molecule has 76 valence electrons. The molecule has 0 aliphatic carbocycles. The van der Waals surface area contributed by atoms with E-state index in [9.17, 15) is 9.90 Å². The Morgan fingerprint density at radius 1 is 1.62 bits per heavy atom. The summed E-state index contributed by atoms with van der Waals surface area (Å²) in [5, 5.41) is 18.9. The molecule has 0 bridgehead atoms. The van der Waals surface area contributed by atoms with E-state index in [-0.39, 0.29) is 11.8 Å². The molecular weight excluding hydrogens is 172 g/mol. The van der Waals surface area contributed by atoms with Crippen molar-refractivity contribution in [1.29, 1.82) is 0 Å². The minimum absolute atomic E-state index is 0.273. The van der Waals surface area contributed by atoms with Crippen molar-refractivity contribution in [2.45, 2.75) is 25.9 Å². The van der Waals surface area contributed by atoms with E-state index in [1.165, 1.54) is 0 Å². The van der Waals surface area contributed by atoms with Crippen molar-refractivity contribution < 1.29 is 19.7 Å². The maximum absolute atomic E-state index is 10.9. The van der Waals surface area contributed by atoms with E-state index in [1.54, 1.807) is 13.8 Å². The number of aliphatic carboxylic acids is 1. The zero-order chi connectivity index (χ0) is 10.1. The first-order chi connectivity index (χ1) is 5.99. The van der Waals surface area contributed by atoms with E-state index in [4.69, 9.17) is 9.84 Å². The first-order valence-corrected chi connectivity index (χ1v) is 4.53. The molecule has 13 heavy (non-hydrogen) atoms. The third-order valence-electron chi connectivity index (χ3n) is 2.77. The van der Waals surface area contributed by atoms with E-state index in [0.29, 0.717) is 19.6 Å². The number of rotatable bonds is 3. The summed E-state index contributed by atoms with van der Waals surface area (Å²) < 4.78 is 5.08. The minimum Gasteiger partial charge on any atom is -0.479 e. The van der Waals surface area contributed by atoms with Crippen LogP contribution in [0.2, 0.25) is 0 Å². The van der Waals surface area contributed by atoms with Gasteiger partial charge in [-0.05, 0) is 12.3 Å². The van der Waals surface area contributed by atoms with Crippen LogP contribution >= 0.6 is 0 Å². The van der Waals surface area contributed by atoms with Crippen LogP contribution in [0.5, 0.6) is 0 Å². The smallest absolute Gasteiger partial charge is 0.336 e. The summed E-state index contributed by atoms with van der Waals surface area (Å²) in [4.78, 5) is 10.9. The van der Waals surface area contributed by atoms with E-state index in [1.807, 2.05) is 0 Å². The van der Waals surface area contributed by atoms with Crippen molar-refractivity contribution >= 4 is 5.97 Å². The summed E-state index contributed by atoms with van der Waals surface area (Å²) in [6, 6.07) is 0. The average Bonchev–Trinajstić information content (AvgIpc) is 2.54. The number of carboxylic acid groups (broad SMARTS) is 1. The summed E-state index contributed by atoms with van der Waals surface area (Å²) >= 11 is 0. The molecule has 1 heterocycles. The number of ether oxygens (including phenoxy) is 1. The fraction of sp³-hybridized carbons (Fsp3) is 0.889. The molecule has 4 heteroatoms. The monoisotopic (exact) mass is 188 g/mol. The molecule has 0 amide bonds. The van der Waals surface area contributed by atoms with Crippen LogP contribution in [0.25, 0.3) is 0 Å². The minimum atomic E-state index is -1.63. The second-order valence-corrected chi connectivity index (χ2v) is 3.85.